The maximum absolute atomic E-state index is 6.26. The predicted octanol–water partition coefficient (Wildman–Crippen LogP) is 3.78. The summed E-state index contributed by atoms with van der Waals surface area (Å²) in [6.45, 7) is 6.97. The van der Waals surface area contributed by atoms with E-state index in [1.807, 2.05) is 31.7 Å². The summed E-state index contributed by atoms with van der Waals surface area (Å²) < 4.78 is 5.85. The Kier molecular flexibility index (Phi) is 6.90. The smallest absolute Gasteiger partial charge is 0.125 e. The van der Waals surface area contributed by atoms with Gasteiger partial charge in [-0.15, -0.1) is 11.6 Å². The number of unbranched alkanes of at least 4 members (excludes halogenated alkanes) is 1. The summed E-state index contributed by atoms with van der Waals surface area (Å²) in [7, 11) is 0. The lowest BCUT2D eigenvalue weighted by molar-refractivity contribution is 0.304. The minimum atomic E-state index is -0.404. The summed E-state index contributed by atoms with van der Waals surface area (Å²) in [6, 6.07) is 1.88. The van der Waals surface area contributed by atoms with Gasteiger partial charge in [0.2, 0.25) is 0 Å². The number of nitrogens with zero attached hydrogens (tertiary/aromatic N) is 3. The lowest BCUT2D eigenvalue weighted by Gasteiger charge is -2.34. The van der Waals surface area contributed by atoms with Gasteiger partial charge < -0.3 is 15.4 Å². The van der Waals surface area contributed by atoms with E-state index in [9.17, 15) is 0 Å². The molecule has 1 aromatic rings. The third kappa shape index (κ3) is 4.41. The molecule has 0 radical (unpaired) electrons. The number of amidine groups is 1. The number of alkyl halides is 1. The number of aliphatic imine (C=N–C) groups is 1. The van der Waals surface area contributed by atoms with Crippen molar-refractivity contribution >= 4 is 29.0 Å². The van der Waals surface area contributed by atoms with Gasteiger partial charge in [0, 0.05) is 17.6 Å². The van der Waals surface area contributed by atoms with Crippen LogP contribution in [0.5, 0.6) is 5.75 Å². The van der Waals surface area contributed by atoms with Crippen molar-refractivity contribution in [3.05, 3.63) is 34.2 Å². The Morgan fingerprint density at radius 3 is 2.75 bits per heavy atom. The molecule has 0 fully saturated rings. The molecular weight excluding hydrogens is 347 g/mol. The normalized spacial score (nSPS) is 18.0. The van der Waals surface area contributed by atoms with Crippen LogP contribution in [0.15, 0.2) is 28.0 Å². The van der Waals surface area contributed by atoms with Gasteiger partial charge in [-0.3, -0.25) is 4.98 Å². The Balaban J connectivity index is 2.12. The Morgan fingerprint density at radius 1 is 1.29 bits per heavy atom. The van der Waals surface area contributed by atoms with E-state index >= 15 is 0 Å². The van der Waals surface area contributed by atoms with Crippen LogP contribution >= 0.6 is 23.2 Å². The summed E-state index contributed by atoms with van der Waals surface area (Å²) in [5, 5.41) is 0.562. The van der Waals surface area contributed by atoms with Gasteiger partial charge in [0.1, 0.15) is 17.8 Å². The molecule has 1 unspecified atom stereocenters. The van der Waals surface area contributed by atoms with E-state index in [4.69, 9.17) is 33.7 Å². The molecule has 2 heterocycles. The second kappa shape index (κ2) is 8.70. The van der Waals surface area contributed by atoms with E-state index in [1.165, 1.54) is 0 Å². The zero-order valence-corrected chi connectivity index (χ0v) is 15.9. The number of pyridine rings is 1. The lowest BCUT2D eigenvalue weighted by atomic mass is 10.1. The molecule has 0 spiro atoms. The minimum absolute atomic E-state index is 0.404. The molecule has 0 saturated carbocycles. The van der Waals surface area contributed by atoms with Gasteiger partial charge in [-0.2, -0.15) is 0 Å². The fourth-order valence-electron chi connectivity index (χ4n) is 2.54. The molecule has 132 valence electrons. The number of ether oxygens (including phenoxy) is 1. The molecule has 0 saturated heterocycles. The summed E-state index contributed by atoms with van der Waals surface area (Å²) in [5.74, 6) is 2.33. The van der Waals surface area contributed by atoms with Crippen LogP contribution in [0, 0.1) is 6.92 Å². The maximum atomic E-state index is 6.26. The van der Waals surface area contributed by atoms with Crippen molar-refractivity contribution in [1.82, 2.24) is 9.88 Å². The average molecular weight is 371 g/mol. The molecular formula is C17H24Cl2N4O. The summed E-state index contributed by atoms with van der Waals surface area (Å²) in [5.41, 5.74) is 8.91. The van der Waals surface area contributed by atoms with Gasteiger partial charge >= 0.3 is 0 Å². The number of hydrogen-bond acceptors (Lipinski definition) is 5. The van der Waals surface area contributed by atoms with Crippen LogP contribution in [-0.2, 0) is 6.54 Å². The van der Waals surface area contributed by atoms with Gasteiger partial charge in [-0.25, -0.2) is 4.99 Å². The molecule has 2 rings (SSSR count). The van der Waals surface area contributed by atoms with Crippen molar-refractivity contribution in [2.45, 2.75) is 46.3 Å². The molecule has 0 aliphatic carbocycles. The first kappa shape index (κ1) is 19.0. The molecule has 0 aromatic carbocycles. The number of nitrogens with two attached hydrogens (primary N) is 1. The van der Waals surface area contributed by atoms with E-state index in [2.05, 4.69) is 9.98 Å². The second-order valence-electron chi connectivity index (χ2n) is 5.79. The van der Waals surface area contributed by atoms with E-state index in [-0.39, 0.29) is 0 Å². The zero-order chi connectivity index (χ0) is 17.7. The zero-order valence-electron chi connectivity index (χ0n) is 14.4. The highest BCUT2D eigenvalue weighted by Gasteiger charge is 2.26. The number of hydrogen-bond donors (Lipinski definition) is 1. The molecule has 1 atom stereocenters. The van der Waals surface area contributed by atoms with E-state index in [0.29, 0.717) is 24.1 Å². The van der Waals surface area contributed by atoms with Crippen molar-refractivity contribution in [1.29, 1.82) is 0 Å². The lowest BCUT2D eigenvalue weighted by Crippen LogP contribution is -2.47. The summed E-state index contributed by atoms with van der Waals surface area (Å²) in [6.07, 6.45) is 3.23. The van der Waals surface area contributed by atoms with Gasteiger partial charge in [0.05, 0.1) is 29.6 Å². The molecule has 7 heteroatoms. The molecule has 0 bridgehead atoms. The van der Waals surface area contributed by atoms with Crippen molar-refractivity contribution < 1.29 is 4.74 Å². The quantitative estimate of drug-likeness (QED) is 0.585. The third-order valence-corrected chi connectivity index (χ3v) is 4.81. The summed E-state index contributed by atoms with van der Waals surface area (Å²) in [4.78, 5) is 10.9. The largest absolute Gasteiger partial charge is 0.493 e. The fraction of sp³-hybridized carbons (Fsp3) is 0.529. The number of rotatable bonds is 7. The molecule has 1 aliphatic heterocycles. The van der Waals surface area contributed by atoms with Crippen LogP contribution in [-0.4, -0.2) is 34.4 Å². The van der Waals surface area contributed by atoms with Crippen LogP contribution in [0.1, 0.15) is 37.9 Å². The topological polar surface area (TPSA) is 63.7 Å². The van der Waals surface area contributed by atoms with E-state index < -0.39 is 6.17 Å². The van der Waals surface area contributed by atoms with Gasteiger partial charge in [0.15, 0.2) is 0 Å². The van der Waals surface area contributed by atoms with E-state index in [1.54, 1.807) is 6.20 Å². The van der Waals surface area contributed by atoms with Crippen molar-refractivity contribution in [2.75, 3.05) is 12.5 Å². The number of allylic oxidation sites excluding steroid dienone is 1. The SMILES string of the molecule is CC1=NC(C)=C(Cl)C(N)N1Cc1nccc(OCCCCCl)c1C. The van der Waals surface area contributed by atoms with Crippen molar-refractivity contribution in [3.63, 3.8) is 0 Å². The highest BCUT2D eigenvalue weighted by atomic mass is 35.5. The van der Waals surface area contributed by atoms with Crippen molar-refractivity contribution in [3.8, 4) is 5.75 Å². The monoisotopic (exact) mass is 370 g/mol. The van der Waals surface area contributed by atoms with Crippen LogP contribution in [0.4, 0.5) is 0 Å². The van der Waals surface area contributed by atoms with E-state index in [0.717, 1.165) is 41.4 Å². The van der Waals surface area contributed by atoms with Crippen LogP contribution in [0.2, 0.25) is 0 Å². The molecule has 1 aromatic heterocycles. The Hall–Kier alpha value is -1.30. The minimum Gasteiger partial charge on any atom is -0.493 e. The molecule has 2 N–H and O–H groups in total. The molecule has 1 aliphatic rings. The van der Waals surface area contributed by atoms with Crippen LogP contribution in [0.3, 0.4) is 0 Å². The van der Waals surface area contributed by atoms with Gasteiger partial charge in [-0.1, -0.05) is 11.6 Å². The highest BCUT2D eigenvalue weighted by molar-refractivity contribution is 6.31. The molecule has 0 amide bonds. The standard InChI is InChI=1S/C17H24Cl2N4O/c1-11-14(21-8-6-15(11)24-9-5-4-7-18)10-23-13(3)22-12(2)16(19)17(23)20/h6,8,17H,4-5,7,9-10,20H2,1-3H3. The number of aromatic nitrogens is 1. The first-order valence-corrected chi connectivity index (χ1v) is 8.94. The average Bonchev–Trinajstić information content (AvgIpc) is 2.56. The van der Waals surface area contributed by atoms with Crippen LogP contribution in [0.25, 0.3) is 0 Å². The Bertz CT molecular complexity index is 645. The third-order valence-electron chi connectivity index (χ3n) is 4.05. The Labute approximate surface area is 153 Å². The fourth-order valence-corrected chi connectivity index (χ4v) is 2.89. The molecule has 5 nitrogen and oxygen atoms in total. The van der Waals surface area contributed by atoms with Gasteiger partial charge in [-0.05, 0) is 39.7 Å². The Morgan fingerprint density at radius 2 is 2.04 bits per heavy atom. The number of halogens is 2. The maximum Gasteiger partial charge on any atom is 0.125 e. The first-order valence-electron chi connectivity index (χ1n) is 8.02. The van der Waals surface area contributed by atoms with Crippen molar-refractivity contribution in [2.24, 2.45) is 10.7 Å². The summed E-state index contributed by atoms with van der Waals surface area (Å²) >= 11 is 12.0. The van der Waals surface area contributed by atoms with Gasteiger partial charge in [0.25, 0.3) is 0 Å². The molecule has 24 heavy (non-hydrogen) atoms. The highest BCUT2D eigenvalue weighted by Crippen LogP contribution is 2.26. The second-order valence-corrected chi connectivity index (χ2v) is 6.58. The predicted molar refractivity (Wildman–Crippen MR) is 99.6 cm³/mol. The first-order chi connectivity index (χ1) is 11.5. The van der Waals surface area contributed by atoms with Crippen LogP contribution < -0.4 is 10.5 Å².